The van der Waals surface area contributed by atoms with Crippen LogP contribution in [0, 0.1) is 0 Å². The fourth-order valence-corrected chi connectivity index (χ4v) is 2.91. The lowest BCUT2D eigenvalue weighted by Crippen LogP contribution is -2.35. The maximum Gasteiger partial charge on any atom is 0.242 e. The van der Waals surface area contributed by atoms with E-state index in [-0.39, 0.29) is 27.5 Å². The molecule has 0 aliphatic carbocycles. The molecule has 1 aromatic carbocycles. The molecule has 90 valence electrons. The Morgan fingerprint density at radius 2 is 2.06 bits per heavy atom. The standard InChI is InChI=1S/C9H12Cl2N2O2S/c1-6(12)5-13-16(14,15)8-4-2-3-7(10)9(8)11/h2-4,6,13H,5,12H2,1H3. The van der Waals surface area contributed by atoms with Crippen molar-refractivity contribution in [2.45, 2.75) is 17.9 Å². The first-order valence-electron chi connectivity index (χ1n) is 4.54. The molecule has 1 atom stereocenters. The van der Waals surface area contributed by atoms with Crippen molar-refractivity contribution in [2.24, 2.45) is 5.73 Å². The Bertz CT molecular complexity index is 474. The molecule has 0 aliphatic rings. The Kier molecular flexibility index (Phi) is 4.58. The highest BCUT2D eigenvalue weighted by Crippen LogP contribution is 2.28. The number of sulfonamides is 1. The number of hydrogen-bond acceptors (Lipinski definition) is 3. The van der Waals surface area contributed by atoms with E-state index >= 15 is 0 Å². The Hall–Kier alpha value is -0.330. The molecule has 0 radical (unpaired) electrons. The van der Waals surface area contributed by atoms with E-state index in [1.165, 1.54) is 18.2 Å². The molecule has 0 bridgehead atoms. The number of halogens is 2. The second kappa shape index (κ2) is 5.33. The fraction of sp³-hybridized carbons (Fsp3) is 0.333. The normalized spacial score (nSPS) is 13.8. The molecule has 0 aliphatic heterocycles. The molecule has 3 N–H and O–H groups in total. The van der Waals surface area contributed by atoms with E-state index < -0.39 is 10.0 Å². The largest absolute Gasteiger partial charge is 0.327 e. The zero-order valence-electron chi connectivity index (χ0n) is 8.57. The highest BCUT2D eigenvalue weighted by molar-refractivity contribution is 7.89. The summed E-state index contributed by atoms with van der Waals surface area (Å²) in [5.74, 6) is 0. The van der Waals surface area contributed by atoms with Gasteiger partial charge in [-0.3, -0.25) is 0 Å². The first-order chi connectivity index (χ1) is 7.34. The van der Waals surface area contributed by atoms with Crippen molar-refractivity contribution < 1.29 is 8.42 Å². The summed E-state index contributed by atoms with van der Waals surface area (Å²) in [6.07, 6.45) is 0. The van der Waals surface area contributed by atoms with Crippen molar-refractivity contribution >= 4 is 33.2 Å². The zero-order chi connectivity index (χ0) is 12.3. The zero-order valence-corrected chi connectivity index (χ0v) is 10.9. The van der Waals surface area contributed by atoms with Crippen LogP contribution in [0.15, 0.2) is 23.1 Å². The molecule has 16 heavy (non-hydrogen) atoms. The van der Waals surface area contributed by atoms with Crippen LogP contribution in [0.4, 0.5) is 0 Å². The van der Waals surface area contributed by atoms with Gasteiger partial charge in [-0.05, 0) is 19.1 Å². The smallest absolute Gasteiger partial charge is 0.242 e. The quantitative estimate of drug-likeness (QED) is 0.882. The monoisotopic (exact) mass is 282 g/mol. The molecule has 0 saturated heterocycles. The van der Waals surface area contributed by atoms with Gasteiger partial charge in [0.05, 0.1) is 10.0 Å². The first-order valence-corrected chi connectivity index (χ1v) is 6.78. The van der Waals surface area contributed by atoms with Crippen LogP contribution in [0.1, 0.15) is 6.92 Å². The van der Waals surface area contributed by atoms with E-state index in [2.05, 4.69) is 4.72 Å². The summed E-state index contributed by atoms with van der Waals surface area (Å²) >= 11 is 11.5. The fourth-order valence-electron chi connectivity index (χ4n) is 1.01. The van der Waals surface area contributed by atoms with E-state index in [1.54, 1.807) is 6.92 Å². The molecular weight excluding hydrogens is 271 g/mol. The van der Waals surface area contributed by atoms with Gasteiger partial charge in [0.2, 0.25) is 10.0 Å². The minimum absolute atomic E-state index is 0.0151. The summed E-state index contributed by atoms with van der Waals surface area (Å²) in [6.45, 7) is 1.84. The van der Waals surface area contributed by atoms with Gasteiger partial charge < -0.3 is 5.73 Å². The average Bonchev–Trinajstić information content (AvgIpc) is 2.19. The van der Waals surface area contributed by atoms with Crippen molar-refractivity contribution in [1.82, 2.24) is 4.72 Å². The first kappa shape index (κ1) is 13.7. The maximum absolute atomic E-state index is 11.8. The second-order valence-electron chi connectivity index (χ2n) is 3.38. The average molecular weight is 283 g/mol. The molecule has 1 rings (SSSR count). The van der Waals surface area contributed by atoms with Crippen LogP contribution in [-0.2, 0) is 10.0 Å². The maximum atomic E-state index is 11.8. The Balaban J connectivity index is 3.03. The molecule has 0 heterocycles. The lowest BCUT2D eigenvalue weighted by Gasteiger charge is -2.10. The van der Waals surface area contributed by atoms with Gasteiger partial charge in [-0.2, -0.15) is 0 Å². The second-order valence-corrected chi connectivity index (χ2v) is 5.90. The Morgan fingerprint density at radius 1 is 1.44 bits per heavy atom. The summed E-state index contributed by atoms with van der Waals surface area (Å²) in [7, 11) is -3.65. The van der Waals surface area contributed by atoms with E-state index in [1.807, 2.05) is 0 Å². The van der Waals surface area contributed by atoms with Gasteiger partial charge in [-0.15, -0.1) is 0 Å². The summed E-state index contributed by atoms with van der Waals surface area (Å²) < 4.78 is 25.9. The molecule has 1 unspecified atom stereocenters. The van der Waals surface area contributed by atoms with Crippen LogP contribution in [-0.4, -0.2) is 21.0 Å². The summed E-state index contributed by atoms with van der Waals surface area (Å²) in [6, 6.07) is 4.16. The van der Waals surface area contributed by atoms with E-state index in [9.17, 15) is 8.42 Å². The van der Waals surface area contributed by atoms with Crippen LogP contribution in [0.3, 0.4) is 0 Å². The third-order valence-electron chi connectivity index (χ3n) is 1.80. The third kappa shape index (κ3) is 3.33. The van der Waals surface area contributed by atoms with Crippen molar-refractivity contribution in [3.63, 3.8) is 0 Å². The topological polar surface area (TPSA) is 72.2 Å². The number of rotatable bonds is 4. The minimum Gasteiger partial charge on any atom is -0.327 e. The minimum atomic E-state index is -3.65. The van der Waals surface area contributed by atoms with Gasteiger partial charge in [-0.1, -0.05) is 29.3 Å². The Labute approximate surface area is 105 Å². The van der Waals surface area contributed by atoms with Crippen LogP contribution in [0.5, 0.6) is 0 Å². The van der Waals surface area contributed by atoms with Crippen molar-refractivity contribution in [2.75, 3.05) is 6.54 Å². The predicted molar refractivity (Wildman–Crippen MR) is 65.3 cm³/mol. The lowest BCUT2D eigenvalue weighted by molar-refractivity contribution is 0.574. The highest BCUT2D eigenvalue weighted by Gasteiger charge is 2.19. The van der Waals surface area contributed by atoms with Gasteiger partial charge in [0.1, 0.15) is 4.90 Å². The molecule has 0 spiro atoms. The molecule has 1 aromatic rings. The molecule has 4 nitrogen and oxygen atoms in total. The number of nitrogens with one attached hydrogen (secondary N) is 1. The van der Waals surface area contributed by atoms with Crippen LogP contribution < -0.4 is 10.5 Å². The summed E-state index contributed by atoms with van der Waals surface area (Å²) in [5.41, 5.74) is 5.46. The SMILES string of the molecule is CC(N)CNS(=O)(=O)c1cccc(Cl)c1Cl. The molecular formula is C9H12Cl2N2O2S. The van der Waals surface area contributed by atoms with Gasteiger partial charge >= 0.3 is 0 Å². The molecule has 0 amide bonds. The molecule has 0 saturated carbocycles. The highest BCUT2D eigenvalue weighted by atomic mass is 35.5. The third-order valence-corrected chi connectivity index (χ3v) is 4.20. The Morgan fingerprint density at radius 3 is 2.62 bits per heavy atom. The van der Waals surface area contributed by atoms with E-state index in [0.717, 1.165) is 0 Å². The van der Waals surface area contributed by atoms with Crippen molar-refractivity contribution in [3.8, 4) is 0 Å². The van der Waals surface area contributed by atoms with Gasteiger partial charge in [0, 0.05) is 12.6 Å². The van der Waals surface area contributed by atoms with Crippen molar-refractivity contribution in [3.05, 3.63) is 28.2 Å². The summed E-state index contributed by atoms with van der Waals surface area (Å²) in [5, 5.41) is 0.215. The van der Waals surface area contributed by atoms with Crippen LogP contribution in [0.2, 0.25) is 10.0 Å². The van der Waals surface area contributed by atoms with Gasteiger partial charge in [0.15, 0.2) is 0 Å². The molecule has 0 aromatic heterocycles. The number of hydrogen-bond donors (Lipinski definition) is 2. The molecule has 0 fully saturated rings. The van der Waals surface area contributed by atoms with Gasteiger partial charge in [-0.25, -0.2) is 13.1 Å². The van der Waals surface area contributed by atoms with Crippen LogP contribution in [0.25, 0.3) is 0 Å². The van der Waals surface area contributed by atoms with E-state index in [0.29, 0.717) is 0 Å². The van der Waals surface area contributed by atoms with Gasteiger partial charge in [0.25, 0.3) is 0 Å². The van der Waals surface area contributed by atoms with Crippen molar-refractivity contribution in [1.29, 1.82) is 0 Å². The predicted octanol–water partition coefficient (Wildman–Crippen LogP) is 1.62. The van der Waals surface area contributed by atoms with E-state index in [4.69, 9.17) is 28.9 Å². The summed E-state index contributed by atoms with van der Waals surface area (Å²) in [4.78, 5) is -0.0395. The van der Waals surface area contributed by atoms with Crippen LogP contribution >= 0.6 is 23.2 Å². The lowest BCUT2D eigenvalue weighted by atomic mass is 10.4. The number of nitrogens with two attached hydrogens (primary N) is 1. The number of benzene rings is 1. The molecule has 7 heteroatoms.